The van der Waals surface area contributed by atoms with Gasteiger partial charge in [0.05, 0.1) is 5.69 Å². The third-order valence-electron chi connectivity index (χ3n) is 8.82. The summed E-state index contributed by atoms with van der Waals surface area (Å²) in [6, 6.07) is 56.3. The van der Waals surface area contributed by atoms with Crippen LogP contribution in [0.5, 0.6) is 0 Å². The van der Waals surface area contributed by atoms with E-state index in [1.165, 1.54) is 11.3 Å². The van der Waals surface area contributed by atoms with Crippen molar-refractivity contribution in [2.24, 2.45) is 4.99 Å². The summed E-state index contributed by atoms with van der Waals surface area (Å²) >= 11 is 1.35. The summed E-state index contributed by atoms with van der Waals surface area (Å²) in [5.74, 6) is -1.68. The SMILES string of the molecule is Nc1nc(-c2ccccc2C(ONC(=NC(c2ccccc2)(c2ccccc2)c2ccccc2)C(=O)O)(c2ccccc2)c2ccccc2)cs1. The van der Waals surface area contributed by atoms with Crippen LogP contribution in [-0.2, 0) is 20.8 Å². The second-order valence-electron chi connectivity index (χ2n) is 11.8. The van der Waals surface area contributed by atoms with Crippen molar-refractivity contribution >= 4 is 28.3 Å². The van der Waals surface area contributed by atoms with Crippen molar-refractivity contribution in [3.05, 3.63) is 215 Å². The first-order chi connectivity index (χ1) is 25.0. The standard InChI is InChI=1S/C43H34N4O3S/c44-41-45-38(30-51-41)36-28-16-17-29-37(36)43(34-24-12-4-13-25-34,35-26-14-5-15-27-35)50-47-39(40(48)49)46-42(31-18-6-1-7-19-31,32-20-8-2-9-21-32)33-22-10-3-11-23-33/h1-30H,(H2,44,45)(H,46,47)(H,48,49). The van der Waals surface area contributed by atoms with Gasteiger partial charge in [0.15, 0.2) is 10.7 Å². The third kappa shape index (κ3) is 6.41. The summed E-state index contributed by atoms with van der Waals surface area (Å²) in [6.45, 7) is 0. The van der Waals surface area contributed by atoms with Gasteiger partial charge >= 0.3 is 5.97 Å². The molecule has 0 fully saturated rings. The van der Waals surface area contributed by atoms with Crippen molar-refractivity contribution < 1.29 is 14.7 Å². The fourth-order valence-electron chi connectivity index (χ4n) is 6.56. The van der Waals surface area contributed by atoms with Gasteiger partial charge in [0.1, 0.15) is 5.54 Å². The number of benzene rings is 6. The summed E-state index contributed by atoms with van der Waals surface area (Å²) in [7, 11) is 0. The Labute approximate surface area is 300 Å². The van der Waals surface area contributed by atoms with Crippen LogP contribution in [0.25, 0.3) is 11.3 Å². The number of hydrogen-bond acceptors (Lipinski definition) is 6. The lowest BCUT2D eigenvalue weighted by Gasteiger charge is -2.37. The van der Waals surface area contributed by atoms with Gasteiger partial charge in [-0.05, 0) is 27.8 Å². The number of thiazole rings is 1. The zero-order valence-corrected chi connectivity index (χ0v) is 28.3. The Morgan fingerprint density at radius 1 is 0.627 bits per heavy atom. The first-order valence-electron chi connectivity index (χ1n) is 16.4. The Balaban J connectivity index is 1.48. The van der Waals surface area contributed by atoms with Gasteiger partial charge < -0.3 is 10.8 Å². The highest BCUT2D eigenvalue weighted by atomic mass is 32.1. The van der Waals surface area contributed by atoms with E-state index in [1.54, 1.807) is 0 Å². The van der Waals surface area contributed by atoms with Crippen LogP contribution in [0.15, 0.2) is 186 Å². The Hall–Kier alpha value is -6.35. The number of rotatable bonds is 10. The number of amidine groups is 1. The van der Waals surface area contributed by atoms with Crippen LogP contribution in [0.1, 0.15) is 33.4 Å². The summed E-state index contributed by atoms with van der Waals surface area (Å²) < 4.78 is 0. The molecule has 0 radical (unpaired) electrons. The maximum Gasteiger partial charge on any atom is 0.373 e. The highest BCUT2D eigenvalue weighted by Gasteiger charge is 2.43. The van der Waals surface area contributed by atoms with E-state index in [2.05, 4.69) is 10.5 Å². The van der Waals surface area contributed by atoms with Crippen LogP contribution >= 0.6 is 11.3 Å². The quantitative estimate of drug-likeness (QED) is 0.0575. The number of hydroxylamine groups is 1. The Kier molecular flexibility index (Phi) is 9.52. The molecule has 0 aliphatic heterocycles. The Morgan fingerprint density at radius 3 is 1.45 bits per heavy atom. The zero-order chi connectivity index (χ0) is 35.1. The minimum Gasteiger partial charge on any atom is -0.475 e. The van der Waals surface area contributed by atoms with Crippen molar-refractivity contribution in [2.45, 2.75) is 11.1 Å². The van der Waals surface area contributed by atoms with Gasteiger partial charge in [-0.1, -0.05) is 176 Å². The maximum atomic E-state index is 13.4. The number of anilines is 1. The molecule has 0 bridgehead atoms. The molecule has 0 saturated heterocycles. The number of aliphatic carboxylic acids is 1. The largest absolute Gasteiger partial charge is 0.475 e. The second kappa shape index (κ2) is 14.6. The average molecular weight is 687 g/mol. The highest BCUT2D eigenvalue weighted by molar-refractivity contribution is 7.13. The van der Waals surface area contributed by atoms with E-state index in [9.17, 15) is 9.90 Å². The van der Waals surface area contributed by atoms with E-state index in [1.807, 2.05) is 181 Å². The molecule has 250 valence electrons. The molecule has 7 nitrogen and oxygen atoms in total. The monoisotopic (exact) mass is 686 g/mol. The number of aliphatic imine (C=N–C) groups is 1. The van der Waals surface area contributed by atoms with Crippen molar-refractivity contribution in [3.63, 3.8) is 0 Å². The van der Waals surface area contributed by atoms with Gasteiger partial charge in [-0.3, -0.25) is 4.84 Å². The lowest BCUT2D eigenvalue weighted by Crippen LogP contribution is -2.44. The van der Waals surface area contributed by atoms with E-state index >= 15 is 0 Å². The van der Waals surface area contributed by atoms with Gasteiger partial charge in [0.25, 0.3) is 0 Å². The first-order valence-corrected chi connectivity index (χ1v) is 17.3. The van der Waals surface area contributed by atoms with Crippen LogP contribution in [-0.4, -0.2) is 21.9 Å². The zero-order valence-electron chi connectivity index (χ0n) is 27.5. The van der Waals surface area contributed by atoms with Gasteiger partial charge in [-0.15, -0.1) is 11.3 Å². The Morgan fingerprint density at radius 2 is 1.04 bits per heavy atom. The van der Waals surface area contributed by atoms with Crippen molar-refractivity contribution in [2.75, 3.05) is 5.73 Å². The smallest absolute Gasteiger partial charge is 0.373 e. The van der Waals surface area contributed by atoms with E-state index in [0.29, 0.717) is 10.8 Å². The molecule has 0 spiro atoms. The molecule has 0 aliphatic rings. The van der Waals surface area contributed by atoms with Crippen molar-refractivity contribution in [1.82, 2.24) is 10.5 Å². The predicted octanol–water partition coefficient (Wildman–Crippen LogP) is 8.68. The van der Waals surface area contributed by atoms with E-state index in [0.717, 1.165) is 38.9 Å². The minimum atomic E-state index is -1.39. The van der Waals surface area contributed by atoms with E-state index < -0.39 is 22.9 Å². The molecule has 7 aromatic rings. The number of nitrogen functional groups attached to an aromatic ring is 1. The third-order valence-corrected chi connectivity index (χ3v) is 9.50. The van der Waals surface area contributed by atoms with E-state index in [-0.39, 0.29) is 0 Å². The number of carboxylic acids is 1. The molecule has 0 amide bonds. The van der Waals surface area contributed by atoms with Crippen LogP contribution in [0.2, 0.25) is 0 Å². The van der Waals surface area contributed by atoms with Crippen molar-refractivity contribution in [1.29, 1.82) is 0 Å². The molecule has 6 aromatic carbocycles. The molecule has 0 atom stereocenters. The molecule has 51 heavy (non-hydrogen) atoms. The molecule has 1 heterocycles. The molecule has 0 saturated carbocycles. The number of carboxylic acid groups (broad SMARTS) is 1. The Bertz CT molecular complexity index is 2110. The van der Waals surface area contributed by atoms with Gasteiger partial charge in [0, 0.05) is 16.5 Å². The second-order valence-corrected chi connectivity index (χ2v) is 12.7. The summed E-state index contributed by atoms with van der Waals surface area (Å²) in [5, 5.41) is 13.3. The molecule has 4 N–H and O–H groups in total. The normalized spacial score (nSPS) is 12.0. The molecular formula is C43H34N4O3S. The topological polar surface area (TPSA) is 110 Å². The summed E-state index contributed by atoms with van der Waals surface area (Å²) in [4.78, 5) is 30.1. The highest BCUT2D eigenvalue weighted by Crippen LogP contribution is 2.45. The minimum absolute atomic E-state index is 0.391. The van der Waals surface area contributed by atoms with Gasteiger partial charge in [0.2, 0.25) is 5.84 Å². The number of nitrogens with one attached hydrogen (secondary N) is 1. The number of nitrogens with zero attached hydrogens (tertiary/aromatic N) is 2. The predicted molar refractivity (Wildman–Crippen MR) is 203 cm³/mol. The van der Waals surface area contributed by atoms with Crippen molar-refractivity contribution in [3.8, 4) is 11.3 Å². The molecule has 0 aliphatic carbocycles. The van der Waals surface area contributed by atoms with Gasteiger partial charge in [-0.25, -0.2) is 20.3 Å². The number of carbonyl (C=O) groups is 1. The van der Waals surface area contributed by atoms with Gasteiger partial charge in [-0.2, -0.15) is 0 Å². The number of hydrogen-bond donors (Lipinski definition) is 3. The lowest BCUT2D eigenvalue weighted by molar-refractivity contribution is -0.131. The van der Waals surface area contributed by atoms with Crippen LogP contribution < -0.4 is 11.2 Å². The first kappa shape index (κ1) is 33.2. The maximum absolute atomic E-state index is 13.4. The molecular weight excluding hydrogens is 653 g/mol. The lowest BCUT2D eigenvalue weighted by atomic mass is 9.77. The number of nitrogens with two attached hydrogens (primary N) is 1. The molecule has 0 unspecified atom stereocenters. The average Bonchev–Trinajstić information content (AvgIpc) is 3.64. The number of aromatic nitrogens is 1. The molecule has 8 heteroatoms. The van der Waals surface area contributed by atoms with Crippen LogP contribution in [0.4, 0.5) is 5.13 Å². The fourth-order valence-corrected chi connectivity index (χ4v) is 7.12. The fraction of sp³-hybridized carbons (Fsp3) is 0.0465. The van der Waals surface area contributed by atoms with Crippen LogP contribution in [0.3, 0.4) is 0 Å². The molecule has 7 rings (SSSR count). The van der Waals surface area contributed by atoms with Crippen LogP contribution in [0, 0.1) is 0 Å². The van der Waals surface area contributed by atoms with E-state index in [4.69, 9.17) is 15.6 Å². The molecule has 1 aromatic heterocycles. The summed E-state index contributed by atoms with van der Waals surface area (Å²) in [5.41, 5.74) is 12.4. The summed E-state index contributed by atoms with van der Waals surface area (Å²) in [6.07, 6.45) is 0.